The van der Waals surface area contributed by atoms with Gasteiger partial charge in [-0.25, -0.2) is 0 Å². The van der Waals surface area contributed by atoms with E-state index in [0.717, 1.165) is 3.57 Å². The minimum absolute atomic E-state index is 0.0816. The normalized spacial score (nSPS) is 13.7. The number of nitrogens with zero attached hydrogens (tertiary/aromatic N) is 1. The van der Waals surface area contributed by atoms with Gasteiger partial charge in [-0.3, -0.25) is 14.4 Å². The molecule has 5 nitrogen and oxygen atoms in total. The number of carbonyl (C=O) groups excluding carboxylic acids is 3. The van der Waals surface area contributed by atoms with Crippen LogP contribution in [0.3, 0.4) is 0 Å². The number of carbonyl (C=O) groups is 3. The molecular weight excluding hydrogens is 361 g/mol. The highest BCUT2D eigenvalue weighted by atomic mass is 127. The van der Waals surface area contributed by atoms with Gasteiger partial charge < -0.3 is 9.64 Å². The van der Waals surface area contributed by atoms with Crippen molar-refractivity contribution in [3.8, 4) is 0 Å². The van der Waals surface area contributed by atoms with Crippen LogP contribution in [0.4, 0.5) is 5.69 Å². The van der Waals surface area contributed by atoms with Gasteiger partial charge >= 0.3 is 5.97 Å². The van der Waals surface area contributed by atoms with Crippen molar-refractivity contribution < 1.29 is 19.1 Å². The number of ketones is 1. The number of rotatable bonds is 4. The van der Waals surface area contributed by atoms with Crippen LogP contribution in [0.2, 0.25) is 0 Å². The van der Waals surface area contributed by atoms with Gasteiger partial charge in [0.15, 0.2) is 0 Å². The highest BCUT2D eigenvalue weighted by molar-refractivity contribution is 14.1. The standard InChI is InChI=1S/C13H12INO4/c1-2-19-11(16)5-6-15-10-4-3-8(14)7-9(10)12(17)13(15)18/h3-4,7H,2,5-6H2,1H3. The first-order valence-corrected chi connectivity index (χ1v) is 6.94. The molecule has 0 fully saturated rings. The summed E-state index contributed by atoms with van der Waals surface area (Å²) in [6.45, 7) is 2.19. The van der Waals surface area contributed by atoms with Crippen molar-refractivity contribution in [3.63, 3.8) is 0 Å². The van der Waals surface area contributed by atoms with E-state index in [2.05, 4.69) is 22.6 Å². The first kappa shape index (κ1) is 14.0. The maximum atomic E-state index is 11.9. The number of fused-ring (bicyclic) bond motifs is 1. The van der Waals surface area contributed by atoms with E-state index in [9.17, 15) is 14.4 Å². The van der Waals surface area contributed by atoms with Crippen LogP contribution in [-0.2, 0) is 14.3 Å². The molecule has 1 heterocycles. The molecule has 0 saturated carbocycles. The molecule has 0 unspecified atom stereocenters. The molecule has 1 aromatic carbocycles. The average molecular weight is 373 g/mol. The van der Waals surface area contributed by atoms with Crippen LogP contribution in [0.5, 0.6) is 0 Å². The molecule has 0 spiro atoms. The molecule has 0 aromatic heterocycles. The van der Waals surface area contributed by atoms with E-state index in [4.69, 9.17) is 4.74 Å². The first-order valence-electron chi connectivity index (χ1n) is 5.86. The molecule has 19 heavy (non-hydrogen) atoms. The maximum Gasteiger partial charge on any atom is 0.307 e. The molecule has 0 saturated heterocycles. The maximum absolute atomic E-state index is 11.9. The molecular formula is C13H12INO4. The Morgan fingerprint density at radius 3 is 2.79 bits per heavy atom. The number of hydrogen-bond donors (Lipinski definition) is 0. The number of amides is 1. The fraction of sp³-hybridized carbons (Fsp3) is 0.308. The number of benzene rings is 1. The van der Waals surface area contributed by atoms with Gasteiger partial charge in [0.05, 0.1) is 24.3 Å². The molecule has 0 atom stereocenters. The van der Waals surface area contributed by atoms with E-state index in [-0.39, 0.29) is 18.9 Å². The lowest BCUT2D eigenvalue weighted by molar-refractivity contribution is -0.142. The third-order valence-electron chi connectivity index (χ3n) is 2.78. The third kappa shape index (κ3) is 2.78. The summed E-state index contributed by atoms with van der Waals surface area (Å²) in [7, 11) is 0. The minimum Gasteiger partial charge on any atom is -0.466 e. The molecule has 0 aliphatic carbocycles. The predicted molar refractivity (Wildman–Crippen MR) is 77.1 cm³/mol. The largest absolute Gasteiger partial charge is 0.466 e. The van der Waals surface area contributed by atoms with Crippen LogP contribution in [0.1, 0.15) is 23.7 Å². The lowest BCUT2D eigenvalue weighted by atomic mass is 10.1. The number of ether oxygens (including phenoxy) is 1. The lowest BCUT2D eigenvalue weighted by Gasteiger charge is -2.15. The summed E-state index contributed by atoms with van der Waals surface area (Å²) in [6.07, 6.45) is 0.0816. The molecule has 1 amide bonds. The van der Waals surface area contributed by atoms with E-state index in [1.807, 2.05) is 6.07 Å². The van der Waals surface area contributed by atoms with Crippen molar-refractivity contribution in [2.24, 2.45) is 0 Å². The van der Waals surface area contributed by atoms with Crippen molar-refractivity contribution in [1.82, 2.24) is 0 Å². The minimum atomic E-state index is -0.582. The molecule has 100 valence electrons. The highest BCUT2D eigenvalue weighted by Crippen LogP contribution is 2.30. The Morgan fingerprint density at radius 1 is 1.37 bits per heavy atom. The van der Waals surface area contributed by atoms with Crippen LogP contribution in [0, 0.1) is 3.57 Å². The Balaban J connectivity index is 2.17. The molecule has 1 aliphatic rings. The summed E-state index contributed by atoms with van der Waals surface area (Å²) in [5.41, 5.74) is 0.973. The molecule has 0 radical (unpaired) electrons. The van der Waals surface area contributed by atoms with E-state index < -0.39 is 11.7 Å². The Morgan fingerprint density at radius 2 is 2.11 bits per heavy atom. The first-order chi connectivity index (χ1) is 9.04. The lowest BCUT2D eigenvalue weighted by Crippen LogP contribution is -2.32. The summed E-state index contributed by atoms with van der Waals surface area (Å²) in [4.78, 5) is 36.3. The average Bonchev–Trinajstić information content (AvgIpc) is 2.61. The number of hydrogen-bond acceptors (Lipinski definition) is 4. The SMILES string of the molecule is CCOC(=O)CCN1C(=O)C(=O)c2cc(I)ccc21. The Hall–Kier alpha value is -1.44. The molecule has 0 bridgehead atoms. The second kappa shape index (κ2) is 5.68. The van der Waals surface area contributed by atoms with Gasteiger partial charge in [0.1, 0.15) is 0 Å². The van der Waals surface area contributed by atoms with E-state index >= 15 is 0 Å². The quantitative estimate of drug-likeness (QED) is 0.459. The third-order valence-corrected chi connectivity index (χ3v) is 3.45. The Kier molecular flexibility index (Phi) is 4.18. The molecule has 2 rings (SSSR count). The number of esters is 1. The predicted octanol–water partition coefficient (Wildman–Crippen LogP) is 1.77. The second-order valence-electron chi connectivity index (χ2n) is 4.00. The zero-order valence-corrected chi connectivity index (χ0v) is 12.5. The van der Waals surface area contributed by atoms with Gasteiger partial charge in [0.25, 0.3) is 11.7 Å². The van der Waals surface area contributed by atoms with Crippen LogP contribution in [0.15, 0.2) is 18.2 Å². The fourth-order valence-electron chi connectivity index (χ4n) is 1.93. The van der Waals surface area contributed by atoms with Crippen molar-refractivity contribution >= 4 is 45.9 Å². The summed E-state index contributed by atoms with van der Waals surface area (Å²) in [5, 5.41) is 0. The molecule has 1 aliphatic heterocycles. The molecule has 1 aromatic rings. The van der Waals surface area contributed by atoms with Crippen molar-refractivity contribution in [3.05, 3.63) is 27.3 Å². The smallest absolute Gasteiger partial charge is 0.307 e. The Labute approximate surface area is 124 Å². The van der Waals surface area contributed by atoms with E-state index in [0.29, 0.717) is 17.9 Å². The van der Waals surface area contributed by atoms with Crippen LogP contribution in [0.25, 0.3) is 0 Å². The number of halogens is 1. The van der Waals surface area contributed by atoms with Gasteiger partial charge in [0, 0.05) is 10.1 Å². The summed E-state index contributed by atoms with van der Waals surface area (Å²) in [5.74, 6) is -1.47. The summed E-state index contributed by atoms with van der Waals surface area (Å²) in [6, 6.07) is 5.23. The van der Waals surface area contributed by atoms with Crippen LogP contribution in [-0.4, -0.2) is 30.8 Å². The van der Waals surface area contributed by atoms with E-state index in [1.165, 1.54) is 4.90 Å². The topological polar surface area (TPSA) is 63.7 Å². The number of Topliss-reactive ketones (excluding diaryl/α,β-unsaturated/α-hetero) is 1. The molecule has 6 heteroatoms. The number of anilines is 1. The monoisotopic (exact) mass is 373 g/mol. The second-order valence-corrected chi connectivity index (χ2v) is 5.25. The summed E-state index contributed by atoms with van der Waals surface area (Å²) >= 11 is 2.08. The van der Waals surface area contributed by atoms with Gasteiger partial charge in [-0.1, -0.05) is 0 Å². The van der Waals surface area contributed by atoms with Gasteiger partial charge in [-0.05, 0) is 47.7 Å². The highest BCUT2D eigenvalue weighted by Gasteiger charge is 2.35. The van der Waals surface area contributed by atoms with Gasteiger partial charge in [-0.15, -0.1) is 0 Å². The van der Waals surface area contributed by atoms with Crippen LogP contribution >= 0.6 is 22.6 Å². The van der Waals surface area contributed by atoms with Gasteiger partial charge in [-0.2, -0.15) is 0 Å². The zero-order chi connectivity index (χ0) is 14.0. The van der Waals surface area contributed by atoms with Crippen LogP contribution < -0.4 is 4.90 Å². The zero-order valence-electron chi connectivity index (χ0n) is 10.3. The van der Waals surface area contributed by atoms with Crippen molar-refractivity contribution in [1.29, 1.82) is 0 Å². The van der Waals surface area contributed by atoms with Crippen molar-refractivity contribution in [2.75, 3.05) is 18.1 Å². The van der Waals surface area contributed by atoms with Crippen molar-refractivity contribution in [2.45, 2.75) is 13.3 Å². The van der Waals surface area contributed by atoms with Gasteiger partial charge in [0.2, 0.25) is 0 Å². The summed E-state index contributed by atoms with van der Waals surface area (Å²) < 4.78 is 5.70. The fourth-order valence-corrected chi connectivity index (χ4v) is 2.42. The molecule has 0 N–H and O–H groups in total. The van der Waals surface area contributed by atoms with E-state index in [1.54, 1.807) is 19.1 Å². The Bertz CT molecular complexity index is 556.